The Bertz CT molecular complexity index is 365. The second-order valence-corrected chi connectivity index (χ2v) is 3.72. The van der Waals surface area contributed by atoms with Crippen molar-refractivity contribution in [3.8, 4) is 0 Å². The van der Waals surface area contributed by atoms with Crippen LogP contribution in [0.5, 0.6) is 0 Å². The van der Waals surface area contributed by atoms with Gasteiger partial charge >= 0.3 is 5.97 Å². The summed E-state index contributed by atoms with van der Waals surface area (Å²) in [4.78, 5) is 21.6. The first-order valence-corrected chi connectivity index (χ1v) is 4.93. The van der Waals surface area contributed by atoms with E-state index in [4.69, 9.17) is 5.11 Å². The van der Waals surface area contributed by atoms with Crippen molar-refractivity contribution in [1.82, 2.24) is 5.32 Å². The highest BCUT2D eigenvalue weighted by Crippen LogP contribution is 2.10. The third-order valence-electron chi connectivity index (χ3n) is 1.52. The minimum absolute atomic E-state index is 0.357. The van der Waals surface area contributed by atoms with Gasteiger partial charge in [-0.05, 0) is 34.7 Å². The molecule has 0 saturated carbocycles. The molecule has 0 spiro atoms. The molecule has 0 aliphatic rings. The number of rotatable bonds is 3. The molecule has 0 unspecified atom stereocenters. The summed E-state index contributed by atoms with van der Waals surface area (Å²) in [7, 11) is 0. The lowest BCUT2D eigenvalue weighted by Crippen LogP contribution is -2.29. The molecule has 1 aromatic rings. The molecule has 0 aliphatic heterocycles. The van der Waals surface area contributed by atoms with Crippen LogP contribution in [0.2, 0.25) is 0 Å². The minimum Gasteiger partial charge on any atom is -0.480 e. The topological polar surface area (TPSA) is 66.4 Å². The van der Waals surface area contributed by atoms with Crippen molar-refractivity contribution in [1.29, 1.82) is 0 Å². The number of hydrogen-bond acceptors (Lipinski definition) is 2. The average molecular weight is 303 g/mol. The fourth-order valence-electron chi connectivity index (χ4n) is 0.896. The van der Waals surface area contributed by atoms with Gasteiger partial charge in [0.1, 0.15) is 6.54 Å². The first-order chi connectivity index (χ1) is 6.61. The molecular weight excluding hydrogens is 295 g/mol. The van der Waals surface area contributed by atoms with Crippen molar-refractivity contribution < 1.29 is 14.7 Å². The predicted octanol–water partition coefficient (Wildman–Crippen LogP) is 1.11. The molecule has 0 aliphatic carbocycles. The van der Waals surface area contributed by atoms with E-state index in [1.54, 1.807) is 18.2 Å². The van der Waals surface area contributed by atoms with E-state index >= 15 is 0 Å². The average Bonchev–Trinajstić information content (AvgIpc) is 2.15. The van der Waals surface area contributed by atoms with Gasteiger partial charge in [-0.1, -0.05) is 12.1 Å². The van der Waals surface area contributed by atoms with Crippen LogP contribution in [0.25, 0.3) is 0 Å². The largest absolute Gasteiger partial charge is 0.480 e. The molecule has 4 nitrogen and oxygen atoms in total. The molecule has 0 saturated heterocycles. The summed E-state index contributed by atoms with van der Waals surface area (Å²) in [6.07, 6.45) is 0. The third-order valence-corrected chi connectivity index (χ3v) is 2.46. The van der Waals surface area contributed by atoms with Crippen LogP contribution in [-0.4, -0.2) is 23.5 Å². The van der Waals surface area contributed by atoms with Crippen LogP contribution in [0, 0.1) is 3.57 Å². The maximum absolute atomic E-state index is 11.4. The standard InChI is InChI=1S/C9H8INO3/c10-7-4-2-1-3-6(7)9(14)11-5-8(12)13/h1-4H,5H2,(H,11,14)(H,12,13)/i10-2. The first-order valence-electron chi connectivity index (χ1n) is 3.86. The Morgan fingerprint density at radius 1 is 1.36 bits per heavy atom. The Morgan fingerprint density at radius 2 is 2.00 bits per heavy atom. The molecule has 0 radical (unpaired) electrons. The number of hydrogen-bond donors (Lipinski definition) is 2. The second kappa shape index (κ2) is 4.94. The van der Waals surface area contributed by atoms with E-state index in [2.05, 4.69) is 5.32 Å². The van der Waals surface area contributed by atoms with Gasteiger partial charge in [0.15, 0.2) is 0 Å². The van der Waals surface area contributed by atoms with Gasteiger partial charge < -0.3 is 10.4 Å². The molecule has 1 rings (SSSR count). The Labute approximate surface area is 94.5 Å². The Kier molecular flexibility index (Phi) is 3.87. The van der Waals surface area contributed by atoms with Crippen LogP contribution in [0.4, 0.5) is 0 Å². The number of carboxylic acid groups (broad SMARTS) is 1. The van der Waals surface area contributed by atoms with Crippen molar-refractivity contribution in [2.45, 2.75) is 0 Å². The van der Waals surface area contributed by atoms with Gasteiger partial charge in [-0.3, -0.25) is 9.59 Å². The highest BCUT2D eigenvalue weighted by Gasteiger charge is 2.09. The van der Waals surface area contributed by atoms with Crippen LogP contribution in [0.1, 0.15) is 10.4 Å². The van der Waals surface area contributed by atoms with Crippen LogP contribution in [0.3, 0.4) is 0 Å². The summed E-state index contributed by atoms with van der Waals surface area (Å²) in [6, 6.07) is 6.99. The van der Waals surface area contributed by atoms with Crippen molar-refractivity contribution >= 4 is 34.5 Å². The van der Waals surface area contributed by atoms with E-state index < -0.39 is 5.97 Å². The zero-order valence-electron chi connectivity index (χ0n) is 7.16. The smallest absolute Gasteiger partial charge is 0.322 e. The highest BCUT2D eigenvalue weighted by atomic mass is 125. The molecule has 0 heterocycles. The minimum atomic E-state index is -1.05. The molecule has 2 N–H and O–H groups in total. The normalized spacial score (nSPS) is 9.50. The fourth-order valence-corrected chi connectivity index (χ4v) is 1.53. The Hall–Kier alpha value is -1.11. The lowest BCUT2D eigenvalue weighted by molar-refractivity contribution is -0.135. The van der Waals surface area contributed by atoms with Gasteiger partial charge in [-0.15, -0.1) is 0 Å². The number of aliphatic carboxylic acids is 1. The van der Waals surface area contributed by atoms with Crippen molar-refractivity contribution in [2.75, 3.05) is 6.54 Å². The maximum Gasteiger partial charge on any atom is 0.322 e. The molecule has 5 heteroatoms. The highest BCUT2D eigenvalue weighted by molar-refractivity contribution is 14.1. The molecule has 0 atom stereocenters. The quantitative estimate of drug-likeness (QED) is 0.822. The van der Waals surface area contributed by atoms with E-state index in [1.165, 1.54) is 0 Å². The number of nitrogens with one attached hydrogen (secondary N) is 1. The molecule has 14 heavy (non-hydrogen) atoms. The van der Waals surface area contributed by atoms with Gasteiger partial charge in [-0.25, -0.2) is 0 Å². The third kappa shape index (κ3) is 2.99. The zero-order chi connectivity index (χ0) is 10.6. The summed E-state index contributed by atoms with van der Waals surface area (Å²) in [5.41, 5.74) is 0.495. The van der Waals surface area contributed by atoms with Gasteiger partial charge in [0, 0.05) is 3.57 Å². The van der Waals surface area contributed by atoms with Gasteiger partial charge in [0.2, 0.25) is 0 Å². The monoisotopic (exact) mass is 303 g/mol. The lowest BCUT2D eigenvalue weighted by atomic mass is 10.2. The molecule has 0 aromatic heterocycles. The molecule has 0 bridgehead atoms. The number of amides is 1. The van der Waals surface area contributed by atoms with Crippen LogP contribution < -0.4 is 5.32 Å². The molecule has 1 amide bonds. The SMILES string of the molecule is O=C(O)CNC(=O)c1ccccc1[125I]. The van der Waals surface area contributed by atoms with E-state index in [0.717, 1.165) is 3.57 Å². The number of carbonyl (C=O) groups excluding carboxylic acids is 1. The predicted molar refractivity (Wildman–Crippen MR) is 59.1 cm³/mol. The summed E-state index contributed by atoms with van der Waals surface area (Å²) in [5.74, 6) is -1.42. The number of carbonyl (C=O) groups is 2. The van der Waals surface area contributed by atoms with Crippen molar-refractivity contribution in [2.24, 2.45) is 0 Å². The van der Waals surface area contributed by atoms with Crippen molar-refractivity contribution in [3.05, 3.63) is 33.4 Å². The van der Waals surface area contributed by atoms with Crippen molar-refractivity contribution in [3.63, 3.8) is 0 Å². The summed E-state index contributed by atoms with van der Waals surface area (Å²) < 4.78 is 0.799. The van der Waals surface area contributed by atoms with Gasteiger partial charge in [0.25, 0.3) is 5.91 Å². The summed E-state index contributed by atoms with van der Waals surface area (Å²) in [6.45, 7) is -0.357. The lowest BCUT2D eigenvalue weighted by Gasteiger charge is -2.03. The molecule has 1 aromatic carbocycles. The maximum atomic E-state index is 11.4. The number of benzene rings is 1. The van der Waals surface area contributed by atoms with Gasteiger partial charge in [0.05, 0.1) is 5.56 Å². The van der Waals surface area contributed by atoms with E-state index in [9.17, 15) is 9.59 Å². The number of halogens is 1. The summed E-state index contributed by atoms with van der Waals surface area (Å²) >= 11 is 2.02. The Balaban J connectivity index is 2.70. The van der Waals surface area contributed by atoms with Crippen LogP contribution in [-0.2, 0) is 4.79 Å². The van der Waals surface area contributed by atoms with Gasteiger partial charge in [-0.2, -0.15) is 0 Å². The zero-order valence-corrected chi connectivity index (χ0v) is 9.32. The first kappa shape index (κ1) is 11.0. The Morgan fingerprint density at radius 3 is 2.57 bits per heavy atom. The van der Waals surface area contributed by atoms with E-state index in [1.807, 2.05) is 28.7 Å². The fraction of sp³-hybridized carbons (Fsp3) is 0.111. The number of carboxylic acids is 1. The van der Waals surface area contributed by atoms with E-state index in [-0.39, 0.29) is 12.5 Å². The summed E-state index contributed by atoms with van der Waals surface area (Å²) in [5, 5.41) is 10.7. The second-order valence-electron chi connectivity index (χ2n) is 2.56. The van der Waals surface area contributed by atoms with E-state index in [0.29, 0.717) is 5.56 Å². The molecular formula is C9H8INO3. The molecule has 0 fully saturated rings. The van der Waals surface area contributed by atoms with Crippen LogP contribution >= 0.6 is 22.6 Å². The molecule has 74 valence electrons. The van der Waals surface area contributed by atoms with Crippen LogP contribution in [0.15, 0.2) is 24.3 Å².